The lowest BCUT2D eigenvalue weighted by Crippen LogP contribution is -2.40. The summed E-state index contributed by atoms with van der Waals surface area (Å²) in [7, 11) is 0. The molecule has 2 heteroatoms. The first-order valence-corrected chi connectivity index (χ1v) is 6.81. The Labute approximate surface area is 102 Å². The molecule has 2 fully saturated rings. The molecule has 0 bridgehead atoms. The van der Waals surface area contributed by atoms with Gasteiger partial charge in [0.2, 0.25) is 0 Å². The molecule has 1 aromatic carbocycles. The smallest absolute Gasteiger partial charge is 0.123 e. The molecule has 1 saturated heterocycles. The zero-order valence-corrected chi connectivity index (χ0v) is 10.2. The number of hydrogen-bond donors (Lipinski definition) is 1. The van der Waals surface area contributed by atoms with Crippen molar-refractivity contribution < 1.29 is 4.39 Å². The van der Waals surface area contributed by atoms with E-state index >= 15 is 0 Å². The second-order valence-corrected chi connectivity index (χ2v) is 5.51. The highest BCUT2D eigenvalue weighted by molar-refractivity contribution is 5.23. The number of rotatable bonds is 2. The molecule has 2 unspecified atom stereocenters. The summed E-state index contributed by atoms with van der Waals surface area (Å²) in [5.41, 5.74) is 1.19. The highest BCUT2D eigenvalue weighted by Crippen LogP contribution is 2.43. The molecular weight excluding hydrogens is 213 g/mol. The van der Waals surface area contributed by atoms with E-state index in [9.17, 15) is 4.39 Å². The van der Waals surface area contributed by atoms with Crippen LogP contribution in [0.4, 0.5) is 4.39 Å². The van der Waals surface area contributed by atoms with Crippen LogP contribution in [0.15, 0.2) is 24.3 Å². The van der Waals surface area contributed by atoms with Gasteiger partial charge in [-0.2, -0.15) is 0 Å². The molecule has 92 valence electrons. The summed E-state index contributed by atoms with van der Waals surface area (Å²) in [5.74, 6) is 2.09. The standard InChI is InChI=1S/C15H20FN/c16-13-6-2-5-12(9-13)15-10-17-8-7-14(15)11-3-1-4-11/h2,5-6,9,11,14-15,17H,1,3-4,7-8,10H2. The molecule has 0 spiro atoms. The van der Waals surface area contributed by atoms with Gasteiger partial charge < -0.3 is 5.32 Å². The molecule has 1 saturated carbocycles. The lowest BCUT2D eigenvalue weighted by Gasteiger charge is -2.42. The largest absolute Gasteiger partial charge is 0.316 e. The van der Waals surface area contributed by atoms with Crippen LogP contribution in [-0.4, -0.2) is 13.1 Å². The van der Waals surface area contributed by atoms with Gasteiger partial charge in [-0.15, -0.1) is 0 Å². The van der Waals surface area contributed by atoms with Gasteiger partial charge in [0.05, 0.1) is 0 Å². The molecule has 17 heavy (non-hydrogen) atoms. The van der Waals surface area contributed by atoms with Crippen molar-refractivity contribution in [3.05, 3.63) is 35.6 Å². The van der Waals surface area contributed by atoms with Crippen molar-refractivity contribution in [2.75, 3.05) is 13.1 Å². The first-order chi connectivity index (χ1) is 8.34. The summed E-state index contributed by atoms with van der Waals surface area (Å²) in [6.45, 7) is 2.15. The molecular formula is C15H20FN. The van der Waals surface area contributed by atoms with Crippen molar-refractivity contribution in [3.8, 4) is 0 Å². The van der Waals surface area contributed by atoms with Gasteiger partial charge in [-0.25, -0.2) is 4.39 Å². The predicted molar refractivity (Wildman–Crippen MR) is 67.5 cm³/mol. The van der Waals surface area contributed by atoms with Gasteiger partial charge in [0, 0.05) is 6.54 Å². The van der Waals surface area contributed by atoms with Crippen molar-refractivity contribution >= 4 is 0 Å². The van der Waals surface area contributed by atoms with E-state index in [1.165, 1.54) is 37.3 Å². The second-order valence-electron chi connectivity index (χ2n) is 5.51. The summed E-state index contributed by atoms with van der Waals surface area (Å²) in [6, 6.07) is 7.20. The Morgan fingerprint density at radius 1 is 1.18 bits per heavy atom. The van der Waals surface area contributed by atoms with Crippen LogP contribution in [0, 0.1) is 17.7 Å². The van der Waals surface area contributed by atoms with E-state index < -0.39 is 0 Å². The molecule has 0 radical (unpaired) electrons. The molecule has 1 aromatic rings. The van der Waals surface area contributed by atoms with Gasteiger partial charge in [0.1, 0.15) is 5.82 Å². The first-order valence-electron chi connectivity index (χ1n) is 6.81. The molecule has 1 aliphatic carbocycles. The Morgan fingerprint density at radius 2 is 2.06 bits per heavy atom. The molecule has 3 rings (SSSR count). The van der Waals surface area contributed by atoms with Gasteiger partial charge in [-0.05, 0) is 48.4 Å². The molecule has 0 aromatic heterocycles. The van der Waals surface area contributed by atoms with Crippen LogP contribution in [0.3, 0.4) is 0 Å². The second kappa shape index (κ2) is 4.77. The van der Waals surface area contributed by atoms with Crippen molar-refractivity contribution in [1.82, 2.24) is 5.32 Å². The van der Waals surface area contributed by atoms with Gasteiger partial charge in [-0.1, -0.05) is 31.4 Å². The van der Waals surface area contributed by atoms with Crippen LogP contribution in [0.1, 0.15) is 37.2 Å². The molecule has 0 amide bonds. The summed E-state index contributed by atoms with van der Waals surface area (Å²) < 4.78 is 13.3. The van der Waals surface area contributed by atoms with Crippen molar-refractivity contribution in [2.24, 2.45) is 11.8 Å². The fourth-order valence-electron chi connectivity index (χ4n) is 3.41. The normalized spacial score (nSPS) is 29.9. The van der Waals surface area contributed by atoms with Crippen LogP contribution in [0.5, 0.6) is 0 Å². The van der Waals surface area contributed by atoms with Crippen LogP contribution in [0.2, 0.25) is 0 Å². The minimum absolute atomic E-state index is 0.0968. The number of hydrogen-bond acceptors (Lipinski definition) is 1. The molecule has 1 aliphatic heterocycles. The summed E-state index contributed by atoms with van der Waals surface area (Å²) in [6.07, 6.45) is 5.42. The summed E-state index contributed by atoms with van der Waals surface area (Å²) >= 11 is 0. The van der Waals surface area contributed by atoms with Crippen molar-refractivity contribution in [3.63, 3.8) is 0 Å². The monoisotopic (exact) mass is 233 g/mol. The third-order valence-electron chi connectivity index (χ3n) is 4.57. The quantitative estimate of drug-likeness (QED) is 0.826. The predicted octanol–water partition coefficient (Wildman–Crippen LogP) is 3.32. The van der Waals surface area contributed by atoms with E-state index in [1.807, 2.05) is 6.07 Å². The first kappa shape index (κ1) is 11.2. The van der Waals surface area contributed by atoms with Gasteiger partial charge in [0.25, 0.3) is 0 Å². The Morgan fingerprint density at radius 3 is 2.76 bits per heavy atom. The van der Waals surface area contributed by atoms with E-state index in [2.05, 4.69) is 11.4 Å². The number of piperidine rings is 1. The van der Waals surface area contributed by atoms with E-state index in [4.69, 9.17) is 0 Å². The molecule has 1 nitrogen and oxygen atoms in total. The summed E-state index contributed by atoms with van der Waals surface area (Å²) in [4.78, 5) is 0. The topological polar surface area (TPSA) is 12.0 Å². The van der Waals surface area contributed by atoms with Crippen LogP contribution in [-0.2, 0) is 0 Å². The lowest BCUT2D eigenvalue weighted by atomic mass is 9.66. The summed E-state index contributed by atoms with van der Waals surface area (Å²) in [5, 5.41) is 3.46. The minimum Gasteiger partial charge on any atom is -0.316 e. The van der Waals surface area contributed by atoms with Crippen molar-refractivity contribution in [1.29, 1.82) is 0 Å². The third kappa shape index (κ3) is 2.23. The van der Waals surface area contributed by atoms with Gasteiger partial charge in [-0.3, -0.25) is 0 Å². The Hall–Kier alpha value is -0.890. The fourth-order valence-corrected chi connectivity index (χ4v) is 3.41. The van der Waals surface area contributed by atoms with E-state index in [-0.39, 0.29) is 5.82 Å². The Kier molecular flexibility index (Phi) is 3.15. The average molecular weight is 233 g/mol. The van der Waals surface area contributed by atoms with Crippen LogP contribution >= 0.6 is 0 Å². The zero-order chi connectivity index (χ0) is 11.7. The molecule has 2 aliphatic rings. The number of halogens is 1. The van der Waals surface area contributed by atoms with E-state index in [0.717, 1.165) is 24.9 Å². The van der Waals surface area contributed by atoms with Crippen LogP contribution in [0.25, 0.3) is 0 Å². The maximum atomic E-state index is 13.3. The number of nitrogens with one attached hydrogen (secondary N) is 1. The SMILES string of the molecule is Fc1cccc(C2CNCCC2C2CCC2)c1. The Bertz CT molecular complexity index is 386. The number of benzene rings is 1. The highest BCUT2D eigenvalue weighted by Gasteiger charge is 2.35. The maximum Gasteiger partial charge on any atom is 0.123 e. The fraction of sp³-hybridized carbons (Fsp3) is 0.600. The van der Waals surface area contributed by atoms with Crippen LogP contribution < -0.4 is 5.32 Å². The van der Waals surface area contributed by atoms with E-state index in [0.29, 0.717) is 5.92 Å². The highest BCUT2D eigenvalue weighted by atomic mass is 19.1. The van der Waals surface area contributed by atoms with E-state index in [1.54, 1.807) is 6.07 Å². The Balaban J connectivity index is 1.82. The van der Waals surface area contributed by atoms with Gasteiger partial charge >= 0.3 is 0 Å². The molecule has 1 N–H and O–H groups in total. The average Bonchev–Trinajstić information content (AvgIpc) is 2.27. The van der Waals surface area contributed by atoms with Crippen molar-refractivity contribution in [2.45, 2.75) is 31.6 Å². The lowest BCUT2D eigenvalue weighted by molar-refractivity contribution is 0.146. The third-order valence-corrected chi connectivity index (χ3v) is 4.57. The molecule has 2 atom stereocenters. The minimum atomic E-state index is -0.0968. The maximum absolute atomic E-state index is 13.3. The zero-order valence-electron chi connectivity index (χ0n) is 10.2. The van der Waals surface area contributed by atoms with Gasteiger partial charge in [0.15, 0.2) is 0 Å². The molecule has 1 heterocycles.